The van der Waals surface area contributed by atoms with Crippen molar-refractivity contribution in [3.63, 3.8) is 0 Å². The molecule has 0 amide bonds. The van der Waals surface area contributed by atoms with E-state index >= 15 is 0 Å². The minimum Gasteiger partial charge on any atom is -0.417 e. The normalized spacial score (nSPS) is 11.8. The molecule has 0 aliphatic heterocycles. The first kappa shape index (κ1) is 15.2. The summed E-state index contributed by atoms with van der Waals surface area (Å²) in [6.07, 6.45) is -3.43. The largest absolute Gasteiger partial charge is 0.417 e. The van der Waals surface area contributed by atoms with E-state index in [1.807, 2.05) is 0 Å². The van der Waals surface area contributed by atoms with Crippen LogP contribution in [0.5, 0.6) is 5.88 Å². The van der Waals surface area contributed by atoms with E-state index in [9.17, 15) is 22.0 Å². The molecule has 2 aromatic rings. The van der Waals surface area contributed by atoms with Crippen LogP contribution in [0.4, 0.5) is 22.0 Å². The second kappa shape index (κ2) is 5.67. The van der Waals surface area contributed by atoms with Gasteiger partial charge in [0.1, 0.15) is 0 Å². The van der Waals surface area contributed by atoms with E-state index in [2.05, 4.69) is 9.72 Å². The zero-order valence-electron chi connectivity index (χ0n) is 10.8. The number of aryl methyl sites for hydroxylation is 1. The lowest BCUT2D eigenvalue weighted by Gasteiger charge is -2.14. The predicted molar refractivity (Wildman–Crippen MR) is 66.0 cm³/mol. The zero-order valence-corrected chi connectivity index (χ0v) is 10.8. The summed E-state index contributed by atoms with van der Waals surface area (Å²) in [4.78, 5) is 3.65. The van der Waals surface area contributed by atoms with E-state index in [4.69, 9.17) is 0 Å². The molecule has 0 atom stereocenters. The highest BCUT2D eigenvalue weighted by Gasteiger charge is 2.33. The average Bonchev–Trinajstić information content (AvgIpc) is 2.40. The van der Waals surface area contributed by atoms with Crippen molar-refractivity contribution in [3.8, 4) is 17.0 Å². The van der Waals surface area contributed by atoms with Crippen LogP contribution >= 0.6 is 0 Å². The van der Waals surface area contributed by atoms with Gasteiger partial charge in [-0.05, 0) is 24.6 Å². The van der Waals surface area contributed by atoms with Crippen LogP contribution in [0.1, 0.15) is 11.1 Å². The van der Waals surface area contributed by atoms with Gasteiger partial charge in [0.15, 0.2) is 0 Å². The predicted octanol–water partition coefficient (Wildman–Crippen LogP) is 4.68. The summed E-state index contributed by atoms with van der Waals surface area (Å²) in [5.74, 6) is -0.307. The number of hydrogen-bond acceptors (Lipinski definition) is 2. The van der Waals surface area contributed by atoms with Gasteiger partial charge in [0.25, 0.3) is 0 Å². The summed E-state index contributed by atoms with van der Waals surface area (Å²) in [6.45, 7) is -1.60. The number of pyridine rings is 1. The summed E-state index contributed by atoms with van der Waals surface area (Å²) in [5, 5.41) is 0. The standard InChI is InChI=1S/C14H10F5NO/c1-8-6-9(7-20-12(8)21-13(15)16)10-4-2-3-5-11(10)14(17,18)19/h2-7,13H,1H3. The molecule has 112 valence electrons. The molecule has 0 spiro atoms. The molecule has 0 fully saturated rings. The Balaban J connectivity index is 2.47. The third-order valence-corrected chi connectivity index (χ3v) is 2.77. The van der Waals surface area contributed by atoms with Crippen LogP contribution in [0, 0.1) is 6.92 Å². The van der Waals surface area contributed by atoms with Gasteiger partial charge in [-0.25, -0.2) is 4.98 Å². The fourth-order valence-corrected chi connectivity index (χ4v) is 1.90. The van der Waals surface area contributed by atoms with Crippen molar-refractivity contribution in [2.45, 2.75) is 19.7 Å². The molecule has 1 aromatic heterocycles. The van der Waals surface area contributed by atoms with Gasteiger partial charge < -0.3 is 4.74 Å². The lowest BCUT2D eigenvalue weighted by Crippen LogP contribution is -2.08. The van der Waals surface area contributed by atoms with Gasteiger partial charge in [-0.2, -0.15) is 22.0 Å². The van der Waals surface area contributed by atoms with Crippen LogP contribution in [-0.4, -0.2) is 11.6 Å². The Kier molecular flexibility index (Phi) is 4.11. The summed E-state index contributed by atoms with van der Waals surface area (Å²) >= 11 is 0. The average molecular weight is 303 g/mol. The smallest absolute Gasteiger partial charge is 0.417 e. The number of halogens is 5. The Bertz CT molecular complexity index is 640. The minimum absolute atomic E-state index is 0.0656. The van der Waals surface area contributed by atoms with E-state index < -0.39 is 18.4 Å². The first-order chi connectivity index (χ1) is 9.79. The molecule has 0 radical (unpaired) electrons. The third kappa shape index (κ3) is 3.48. The highest BCUT2D eigenvalue weighted by atomic mass is 19.4. The number of rotatable bonds is 3. The van der Waals surface area contributed by atoms with Crippen LogP contribution in [0.2, 0.25) is 0 Å². The monoisotopic (exact) mass is 303 g/mol. The summed E-state index contributed by atoms with van der Waals surface area (Å²) in [5.41, 5.74) is -0.468. The SMILES string of the molecule is Cc1cc(-c2ccccc2C(F)(F)F)cnc1OC(F)F. The molecular weight excluding hydrogens is 293 g/mol. The molecule has 0 saturated heterocycles. The number of alkyl halides is 5. The van der Waals surface area contributed by atoms with Crippen molar-refractivity contribution in [3.05, 3.63) is 47.7 Å². The molecule has 7 heteroatoms. The van der Waals surface area contributed by atoms with Crippen molar-refractivity contribution >= 4 is 0 Å². The van der Waals surface area contributed by atoms with Crippen LogP contribution < -0.4 is 4.74 Å². The molecular formula is C14H10F5NO. The van der Waals surface area contributed by atoms with Crippen LogP contribution in [0.15, 0.2) is 36.5 Å². The molecule has 1 aromatic carbocycles. The molecule has 0 aliphatic carbocycles. The van der Waals surface area contributed by atoms with Crippen molar-refractivity contribution < 1.29 is 26.7 Å². The highest BCUT2D eigenvalue weighted by Crippen LogP contribution is 2.37. The number of hydrogen-bond donors (Lipinski definition) is 0. The van der Waals surface area contributed by atoms with E-state index in [0.717, 1.165) is 12.3 Å². The second-order valence-electron chi connectivity index (χ2n) is 4.27. The number of nitrogens with zero attached hydrogens (tertiary/aromatic N) is 1. The first-order valence-corrected chi connectivity index (χ1v) is 5.87. The Morgan fingerprint density at radius 2 is 1.81 bits per heavy atom. The van der Waals surface area contributed by atoms with E-state index in [1.54, 1.807) is 0 Å². The maximum Gasteiger partial charge on any atom is 0.417 e. The third-order valence-electron chi connectivity index (χ3n) is 2.77. The molecule has 0 unspecified atom stereocenters. The molecule has 21 heavy (non-hydrogen) atoms. The van der Waals surface area contributed by atoms with E-state index in [0.29, 0.717) is 0 Å². The van der Waals surface area contributed by atoms with Crippen molar-refractivity contribution in [2.75, 3.05) is 0 Å². The Morgan fingerprint density at radius 3 is 2.38 bits per heavy atom. The number of benzene rings is 1. The Labute approximate surface area is 117 Å². The molecule has 2 nitrogen and oxygen atoms in total. The quantitative estimate of drug-likeness (QED) is 0.768. The Hall–Kier alpha value is -2.18. The zero-order chi connectivity index (χ0) is 15.6. The Morgan fingerprint density at radius 1 is 1.14 bits per heavy atom. The van der Waals surface area contributed by atoms with Gasteiger partial charge in [-0.15, -0.1) is 0 Å². The van der Waals surface area contributed by atoms with E-state index in [-0.39, 0.29) is 22.6 Å². The summed E-state index contributed by atoms with van der Waals surface area (Å²) in [6, 6.07) is 6.32. The molecule has 0 aliphatic rings. The first-order valence-electron chi connectivity index (χ1n) is 5.87. The summed E-state index contributed by atoms with van der Waals surface area (Å²) in [7, 11) is 0. The van der Waals surface area contributed by atoms with Crippen LogP contribution in [0.3, 0.4) is 0 Å². The van der Waals surface area contributed by atoms with Crippen LogP contribution in [0.25, 0.3) is 11.1 Å². The molecule has 1 heterocycles. The minimum atomic E-state index is -4.51. The lowest BCUT2D eigenvalue weighted by atomic mass is 10.00. The van der Waals surface area contributed by atoms with Crippen molar-refractivity contribution in [1.29, 1.82) is 0 Å². The highest BCUT2D eigenvalue weighted by molar-refractivity contribution is 5.68. The molecule has 2 rings (SSSR count). The topological polar surface area (TPSA) is 22.1 Å². The van der Waals surface area contributed by atoms with Crippen LogP contribution in [-0.2, 0) is 6.18 Å². The van der Waals surface area contributed by atoms with Crippen molar-refractivity contribution in [1.82, 2.24) is 4.98 Å². The fourth-order valence-electron chi connectivity index (χ4n) is 1.90. The van der Waals surface area contributed by atoms with Gasteiger partial charge in [0.2, 0.25) is 5.88 Å². The molecule has 0 N–H and O–H groups in total. The molecule has 0 bridgehead atoms. The van der Waals surface area contributed by atoms with Gasteiger partial charge in [0, 0.05) is 17.3 Å². The number of aromatic nitrogens is 1. The number of ether oxygens (including phenoxy) is 1. The maximum atomic E-state index is 12.9. The second-order valence-corrected chi connectivity index (χ2v) is 4.27. The van der Waals surface area contributed by atoms with Gasteiger partial charge in [-0.1, -0.05) is 18.2 Å². The van der Waals surface area contributed by atoms with E-state index in [1.165, 1.54) is 31.2 Å². The molecule has 0 saturated carbocycles. The van der Waals surface area contributed by atoms with Gasteiger partial charge in [0.05, 0.1) is 5.56 Å². The van der Waals surface area contributed by atoms with Gasteiger partial charge in [-0.3, -0.25) is 0 Å². The maximum absolute atomic E-state index is 12.9. The van der Waals surface area contributed by atoms with Crippen molar-refractivity contribution in [2.24, 2.45) is 0 Å². The lowest BCUT2D eigenvalue weighted by molar-refractivity contribution is -0.137. The summed E-state index contributed by atoms with van der Waals surface area (Å²) < 4.78 is 67.3. The van der Waals surface area contributed by atoms with Gasteiger partial charge >= 0.3 is 12.8 Å². The fraction of sp³-hybridized carbons (Fsp3) is 0.214.